The maximum absolute atomic E-state index is 12.5. The van der Waals surface area contributed by atoms with Crippen LogP contribution in [0.1, 0.15) is 38.8 Å². The molecule has 28 heavy (non-hydrogen) atoms. The van der Waals surface area contributed by atoms with E-state index in [1.807, 2.05) is 48.5 Å². The van der Waals surface area contributed by atoms with Crippen LogP contribution in [0.2, 0.25) is 0 Å². The Morgan fingerprint density at radius 3 is 2.43 bits per heavy atom. The third kappa shape index (κ3) is 5.16. The smallest absolute Gasteiger partial charge is 0.313 e. The van der Waals surface area contributed by atoms with Crippen molar-refractivity contribution in [2.75, 3.05) is 5.32 Å². The Morgan fingerprint density at radius 1 is 0.964 bits per heavy atom. The Bertz CT molecular complexity index is 978. The lowest BCUT2D eigenvalue weighted by Gasteiger charge is -2.27. The van der Waals surface area contributed by atoms with E-state index in [2.05, 4.69) is 36.4 Å². The van der Waals surface area contributed by atoms with Crippen molar-refractivity contribution in [3.63, 3.8) is 0 Å². The highest BCUT2D eigenvalue weighted by molar-refractivity contribution is 6.39. The van der Waals surface area contributed by atoms with Gasteiger partial charge in [-0.15, -0.1) is 0 Å². The van der Waals surface area contributed by atoms with Crippen LogP contribution in [0.25, 0.3) is 10.9 Å². The standard InChI is InChI=1S/C23H25N3O2/c1-23(2,3)15-20(16-8-5-4-6-9-16)26-22(28)21(27)25-18-11-12-19-17(14-18)10-7-13-24-19/h4-14,20H,15H2,1-3H3,(H,25,27)(H,26,28)/t20-/m0/s1. The normalized spacial score (nSPS) is 12.4. The van der Waals surface area contributed by atoms with Crippen LogP contribution < -0.4 is 10.6 Å². The van der Waals surface area contributed by atoms with Crippen LogP contribution in [0.15, 0.2) is 66.9 Å². The summed E-state index contributed by atoms with van der Waals surface area (Å²) >= 11 is 0. The molecule has 1 aromatic heterocycles. The number of aromatic nitrogens is 1. The van der Waals surface area contributed by atoms with Crippen molar-refractivity contribution in [3.05, 3.63) is 72.4 Å². The number of hydrogen-bond donors (Lipinski definition) is 2. The molecule has 0 unspecified atom stereocenters. The quantitative estimate of drug-likeness (QED) is 0.661. The van der Waals surface area contributed by atoms with E-state index >= 15 is 0 Å². The van der Waals surface area contributed by atoms with Crippen LogP contribution in [0.3, 0.4) is 0 Å². The first-order valence-electron chi connectivity index (χ1n) is 9.33. The van der Waals surface area contributed by atoms with Crippen molar-refractivity contribution in [2.24, 2.45) is 5.41 Å². The second-order valence-electron chi connectivity index (χ2n) is 8.07. The van der Waals surface area contributed by atoms with Crippen molar-refractivity contribution < 1.29 is 9.59 Å². The van der Waals surface area contributed by atoms with E-state index in [9.17, 15) is 9.59 Å². The van der Waals surface area contributed by atoms with Gasteiger partial charge in [0.1, 0.15) is 0 Å². The fourth-order valence-corrected chi connectivity index (χ4v) is 3.11. The fraction of sp³-hybridized carbons (Fsp3) is 0.261. The molecule has 0 radical (unpaired) electrons. The van der Waals surface area contributed by atoms with Crippen LogP contribution in [-0.4, -0.2) is 16.8 Å². The molecule has 0 saturated heterocycles. The van der Waals surface area contributed by atoms with Crippen LogP contribution in [0, 0.1) is 5.41 Å². The Labute approximate surface area is 165 Å². The number of anilines is 1. The highest BCUT2D eigenvalue weighted by Crippen LogP contribution is 2.29. The van der Waals surface area contributed by atoms with Gasteiger partial charge in [0, 0.05) is 17.3 Å². The Morgan fingerprint density at radius 2 is 1.71 bits per heavy atom. The minimum absolute atomic E-state index is 0.00436. The first-order chi connectivity index (χ1) is 13.3. The number of benzene rings is 2. The van der Waals surface area contributed by atoms with Crippen molar-refractivity contribution in [3.8, 4) is 0 Å². The van der Waals surface area contributed by atoms with Gasteiger partial charge < -0.3 is 10.6 Å². The summed E-state index contributed by atoms with van der Waals surface area (Å²) in [6.45, 7) is 6.33. The maximum atomic E-state index is 12.5. The maximum Gasteiger partial charge on any atom is 0.313 e. The second-order valence-corrected chi connectivity index (χ2v) is 8.07. The lowest BCUT2D eigenvalue weighted by molar-refractivity contribution is -0.136. The molecule has 5 heteroatoms. The minimum Gasteiger partial charge on any atom is -0.341 e. The third-order valence-corrected chi connectivity index (χ3v) is 4.39. The SMILES string of the molecule is CC(C)(C)C[C@H](NC(=O)C(=O)Nc1ccc2ncccc2c1)c1ccccc1. The summed E-state index contributed by atoms with van der Waals surface area (Å²) in [5.41, 5.74) is 2.37. The molecule has 0 fully saturated rings. The highest BCUT2D eigenvalue weighted by Gasteiger charge is 2.24. The summed E-state index contributed by atoms with van der Waals surface area (Å²) in [5, 5.41) is 6.46. The zero-order valence-corrected chi connectivity index (χ0v) is 16.4. The molecule has 3 rings (SSSR count). The van der Waals surface area contributed by atoms with Crippen molar-refractivity contribution in [1.29, 1.82) is 0 Å². The van der Waals surface area contributed by atoms with E-state index in [1.165, 1.54) is 0 Å². The van der Waals surface area contributed by atoms with Gasteiger partial charge in [-0.25, -0.2) is 0 Å². The number of amides is 2. The number of carbonyl (C=O) groups is 2. The second kappa shape index (κ2) is 8.21. The van der Waals surface area contributed by atoms with Gasteiger partial charge in [-0.3, -0.25) is 14.6 Å². The van der Waals surface area contributed by atoms with E-state index in [4.69, 9.17) is 0 Å². The summed E-state index contributed by atoms with van der Waals surface area (Å²) in [4.78, 5) is 29.2. The fourth-order valence-electron chi connectivity index (χ4n) is 3.11. The molecule has 0 saturated carbocycles. The summed E-state index contributed by atoms with van der Waals surface area (Å²) < 4.78 is 0. The minimum atomic E-state index is -0.682. The van der Waals surface area contributed by atoms with Gasteiger partial charge in [-0.1, -0.05) is 57.2 Å². The number of nitrogens with one attached hydrogen (secondary N) is 2. The molecular formula is C23H25N3O2. The molecule has 0 aliphatic heterocycles. The van der Waals surface area contributed by atoms with Crippen LogP contribution in [0.5, 0.6) is 0 Å². The molecule has 1 heterocycles. The first-order valence-corrected chi connectivity index (χ1v) is 9.33. The topological polar surface area (TPSA) is 71.1 Å². The van der Waals surface area contributed by atoms with Crippen LogP contribution >= 0.6 is 0 Å². The van der Waals surface area contributed by atoms with Crippen molar-refractivity contribution in [1.82, 2.24) is 10.3 Å². The Kier molecular flexibility index (Phi) is 5.73. The van der Waals surface area contributed by atoms with E-state index in [1.54, 1.807) is 18.3 Å². The van der Waals surface area contributed by atoms with Gasteiger partial charge in [-0.05, 0) is 41.7 Å². The number of rotatable bonds is 4. The molecule has 3 aromatic rings. The predicted octanol–water partition coefficient (Wildman–Crippen LogP) is 4.47. The van der Waals surface area contributed by atoms with E-state index < -0.39 is 11.8 Å². The molecule has 0 aliphatic carbocycles. The summed E-state index contributed by atoms with van der Waals surface area (Å²) in [6, 6.07) is 18.6. The molecule has 2 aromatic carbocycles. The summed E-state index contributed by atoms with van der Waals surface area (Å²) in [7, 11) is 0. The average Bonchev–Trinajstić information content (AvgIpc) is 2.67. The molecule has 2 amide bonds. The molecular weight excluding hydrogens is 350 g/mol. The number of pyridine rings is 1. The van der Waals surface area contributed by atoms with Crippen LogP contribution in [-0.2, 0) is 9.59 Å². The van der Waals surface area contributed by atoms with E-state index in [0.29, 0.717) is 5.69 Å². The van der Waals surface area contributed by atoms with Gasteiger partial charge in [0.25, 0.3) is 0 Å². The van der Waals surface area contributed by atoms with Gasteiger partial charge in [0.15, 0.2) is 0 Å². The number of nitrogens with zero attached hydrogens (tertiary/aromatic N) is 1. The van der Waals surface area contributed by atoms with E-state index in [0.717, 1.165) is 22.9 Å². The lowest BCUT2D eigenvalue weighted by atomic mass is 9.85. The lowest BCUT2D eigenvalue weighted by Crippen LogP contribution is -2.39. The monoisotopic (exact) mass is 375 g/mol. The third-order valence-electron chi connectivity index (χ3n) is 4.39. The summed E-state index contributed by atoms with van der Waals surface area (Å²) in [6.07, 6.45) is 2.44. The summed E-state index contributed by atoms with van der Waals surface area (Å²) in [5.74, 6) is -1.33. The Balaban J connectivity index is 1.72. The number of carbonyl (C=O) groups excluding carboxylic acids is 2. The zero-order valence-electron chi connectivity index (χ0n) is 16.4. The van der Waals surface area contributed by atoms with Gasteiger partial charge in [0.05, 0.1) is 11.6 Å². The van der Waals surface area contributed by atoms with Gasteiger partial charge in [-0.2, -0.15) is 0 Å². The van der Waals surface area contributed by atoms with Crippen LogP contribution in [0.4, 0.5) is 5.69 Å². The molecule has 2 N–H and O–H groups in total. The zero-order chi connectivity index (χ0) is 20.1. The molecule has 144 valence electrons. The highest BCUT2D eigenvalue weighted by atomic mass is 16.2. The number of hydrogen-bond acceptors (Lipinski definition) is 3. The molecule has 0 spiro atoms. The largest absolute Gasteiger partial charge is 0.341 e. The first kappa shape index (κ1) is 19.5. The molecule has 0 bridgehead atoms. The van der Waals surface area contributed by atoms with E-state index in [-0.39, 0.29) is 11.5 Å². The van der Waals surface area contributed by atoms with Gasteiger partial charge >= 0.3 is 11.8 Å². The predicted molar refractivity (Wildman–Crippen MR) is 112 cm³/mol. The van der Waals surface area contributed by atoms with Gasteiger partial charge in [0.2, 0.25) is 0 Å². The van der Waals surface area contributed by atoms with Crippen molar-refractivity contribution in [2.45, 2.75) is 33.2 Å². The molecule has 5 nitrogen and oxygen atoms in total. The molecule has 0 aliphatic rings. The Hall–Kier alpha value is -3.21. The number of fused-ring (bicyclic) bond motifs is 1. The molecule has 1 atom stereocenters. The van der Waals surface area contributed by atoms with Crippen molar-refractivity contribution >= 4 is 28.4 Å². The average molecular weight is 375 g/mol.